The van der Waals surface area contributed by atoms with Crippen molar-refractivity contribution in [3.8, 4) is 0 Å². The standard InChI is InChI=1S/C21H29N3O3S/c1-15(13-24-10-2-3-11-24)14-28(26,27)23-21(25)22-20-18-8-4-6-16(18)12-17-7-5-9-19(17)20/h12H,1-11,13-14H2,(H2,22,23,25). The van der Waals surface area contributed by atoms with Crippen molar-refractivity contribution in [1.82, 2.24) is 9.62 Å². The lowest BCUT2D eigenvalue weighted by molar-refractivity contribution is 0.256. The lowest BCUT2D eigenvalue weighted by Gasteiger charge is -2.18. The van der Waals surface area contributed by atoms with E-state index in [4.69, 9.17) is 0 Å². The molecule has 2 amide bonds. The maximum absolute atomic E-state index is 12.5. The molecule has 4 rings (SSSR count). The molecule has 0 radical (unpaired) electrons. The largest absolute Gasteiger partial charge is 0.332 e. The quantitative estimate of drug-likeness (QED) is 0.716. The number of carbonyl (C=O) groups is 1. The predicted molar refractivity (Wildman–Crippen MR) is 111 cm³/mol. The molecule has 0 saturated carbocycles. The second-order valence-electron chi connectivity index (χ2n) is 8.28. The van der Waals surface area contributed by atoms with Crippen LogP contribution >= 0.6 is 0 Å². The number of hydrogen-bond donors (Lipinski definition) is 2. The summed E-state index contributed by atoms with van der Waals surface area (Å²) in [5, 5.41) is 2.88. The smallest absolute Gasteiger partial charge is 0.307 e. The summed E-state index contributed by atoms with van der Waals surface area (Å²) in [6.45, 7) is 6.43. The predicted octanol–water partition coefficient (Wildman–Crippen LogP) is 2.77. The molecule has 0 atom stereocenters. The lowest BCUT2D eigenvalue weighted by Crippen LogP contribution is -2.37. The van der Waals surface area contributed by atoms with E-state index in [0.717, 1.165) is 70.1 Å². The number of sulfonamides is 1. The first-order chi connectivity index (χ1) is 13.4. The van der Waals surface area contributed by atoms with Crippen LogP contribution in [0, 0.1) is 0 Å². The first-order valence-electron chi connectivity index (χ1n) is 10.3. The Balaban J connectivity index is 1.41. The summed E-state index contributed by atoms with van der Waals surface area (Å²) in [6.07, 6.45) is 8.42. The third kappa shape index (κ3) is 4.25. The summed E-state index contributed by atoms with van der Waals surface area (Å²) in [4.78, 5) is 14.7. The molecule has 152 valence electrons. The Kier molecular flexibility index (Phi) is 5.47. The minimum Gasteiger partial charge on any atom is -0.307 e. The molecule has 3 aliphatic rings. The van der Waals surface area contributed by atoms with Gasteiger partial charge in [-0.2, -0.15) is 0 Å². The van der Waals surface area contributed by atoms with Crippen LogP contribution in [-0.4, -0.2) is 44.7 Å². The molecule has 2 N–H and O–H groups in total. The van der Waals surface area contributed by atoms with Gasteiger partial charge < -0.3 is 5.32 Å². The summed E-state index contributed by atoms with van der Waals surface area (Å²) >= 11 is 0. The highest BCUT2D eigenvalue weighted by Crippen LogP contribution is 2.38. The number of likely N-dealkylation sites (tertiary alicyclic amines) is 1. The number of anilines is 1. The highest BCUT2D eigenvalue weighted by atomic mass is 32.2. The van der Waals surface area contributed by atoms with Crippen molar-refractivity contribution in [2.75, 3.05) is 30.7 Å². The number of rotatable bonds is 6. The van der Waals surface area contributed by atoms with Gasteiger partial charge in [0.1, 0.15) is 0 Å². The fourth-order valence-corrected chi connectivity index (χ4v) is 5.89. The first kappa shape index (κ1) is 19.5. The number of benzene rings is 1. The Morgan fingerprint density at radius 1 is 1.00 bits per heavy atom. The number of nitrogens with one attached hydrogen (secondary N) is 2. The van der Waals surface area contributed by atoms with Crippen molar-refractivity contribution in [3.05, 3.63) is 40.5 Å². The number of fused-ring (bicyclic) bond motifs is 2. The maximum Gasteiger partial charge on any atom is 0.332 e. The van der Waals surface area contributed by atoms with Crippen molar-refractivity contribution < 1.29 is 13.2 Å². The number of carbonyl (C=O) groups excluding carboxylic acids is 1. The minimum absolute atomic E-state index is 0.220. The molecule has 7 heteroatoms. The average Bonchev–Trinajstić information content (AvgIpc) is 3.33. The SMILES string of the molecule is C=C(CN1CCCC1)CS(=O)(=O)NC(=O)Nc1c2c(cc3c1CCC3)CCC2. The molecular formula is C21H29N3O3S. The Bertz CT molecular complexity index is 870. The average molecular weight is 404 g/mol. The minimum atomic E-state index is -3.76. The van der Waals surface area contributed by atoms with E-state index in [2.05, 4.69) is 27.6 Å². The fourth-order valence-electron chi connectivity index (χ4n) is 4.85. The van der Waals surface area contributed by atoms with Crippen molar-refractivity contribution in [1.29, 1.82) is 0 Å². The molecule has 6 nitrogen and oxygen atoms in total. The Morgan fingerprint density at radius 2 is 1.61 bits per heavy atom. The highest BCUT2D eigenvalue weighted by molar-refractivity contribution is 7.90. The highest BCUT2D eigenvalue weighted by Gasteiger charge is 2.26. The van der Waals surface area contributed by atoms with Crippen LogP contribution in [0.2, 0.25) is 0 Å². The van der Waals surface area contributed by atoms with E-state index in [0.29, 0.717) is 12.1 Å². The lowest BCUT2D eigenvalue weighted by atomic mass is 9.99. The van der Waals surface area contributed by atoms with E-state index in [-0.39, 0.29) is 5.75 Å². The summed E-state index contributed by atoms with van der Waals surface area (Å²) in [5.74, 6) is -0.220. The van der Waals surface area contributed by atoms with Crippen molar-refractivity contribution in [2.45, 2.75) is 51.4 Å². The Labute approximate surface area is 167 Å². The number of nitrogens with zero attached hydrogens (tertiary/aromatic N) is 1. The van der Waals surface area contributed by atoms with Gasteiger partial charge in [0.15, 0.2) is 0 Å². The monoisotopic (exact) mass is 403 g/mol. The second kappa shape index (κ2) is 7.87. The van der Waals surface area contributed by atoms with Crippen molar-refractivity contribution in [3.63, 3.8) is 0 Å². The normalized spacial score (nSPS) is 18.7. The molecule has 1 aliphatic heterocycles. The number of aryl methyl sites for hydroxylation is 2. The van der Waals surface area contributed by atoms with Gasteiger partial charge in [-0.15, -0.1) is 0 Å². The van der Waals surface area contributed by atoms with Gasteiger partial charge in [0, 0.05) is 12.2 Å². The molecule has 1 heterocycles. The molecule has 28 heavy (non-hydrogen) atoms. The van der Waals surface area contributed by atoms with Crippen LogP contribution in [0.25, 0.3) is 0 Å². The van der Waals surface area contributed by atoms with E-state index in [9.17, 15) is 13.2 Å². The van der Waals surface area contributed by atoms with Gasteiger partial charge in [0.05, 0.1) is 5.75 Å². The molecule has 2 aliphatic carbocycles. The Morgan fingerprint density at radius 3 is 2.21 bits per heavy atom. The topological polar surface area (TPSA) is 78.5 Å². The van der Waals surface area contributed by atoms with E-state index in [1.54, 1.807) is 0 Å². The molecule has 1 fully saturated rings. The van der Waals surface area contributed by atoms with E-state index in [1.165, 1.54) is 22.3 Å². The molecule has 1 aromatic rings. The van der Waals surface area contributed by atoms with Crippen molar-refractivity contribution in [2.24, 2.45) is 0 Å². The van der Waals surface area contributed by atoms with E-state index < -0.39 is 16.1 Å². The summed E-state index contributed by atoms with van der Waals surface area (Å²) in [7, 11) is -3.76. The fraction of sp³-hybridized carbons (Fsp3) is 0.571. The van der Waals surface area contributed by atoms with Gasteiger partial charge >= 0.3 is 6.03 Å². The van der Waals surface area contributed by atoms with Gasteiger partial charge in [0.2, 0.25) is 10.0 Å². The molecule has 0 aromatic heterocycles. The first-order valence-corrected chi connectivity index (χ1v) is 11.9. The zero-order chi connectivity index (χ0) is 19.7. The van der Waals surface area contributed by atoms with Gasteiger partial charge in [-0.1, -0.05) is 12.6 Å². The van der Waals surface area contributed by atoms with E-state index in [1.807, 2.05) is 0 Å². The Hall–Kier alpha value is -1.86. The zero-order valence-corrected chi connectivity index (χ0v) is 17.2. The molecule has 1 saturated heterocycles. The summed E-state index contributed by atoms with van der Waals surface area (Å²) in [5.41, 5.74) is 6.45. The molecule has 0 spiro atoms. The molecular weight excluding hydrogens is 374 g/mol. The van der Waals surface area contributed by atoms with Crippen LogP contribution < -0.4 is 10.0 Å². The van der Waals surface area contributed by atoms with Crippen LogP contribution in [0.1, 0.15) is 47.9 Å². The van der Waals surface area contributed by atoms with Crippen molar-refractivity contribution >= 4 is 21.7 Å². The van der Waals surface area contributed by atoms with E-state index >= 15 is 0 Å². The number of urea groups is 1. The molecule has 0 bridgehead atoms. The van der Waals surface area contributed by atoms with Crippen LogP contribution in [0.3, 0.4) is 0 Å². The molecule has 1 aromatic carbocycles. The maximum atomic E-state index is 12.5. The second-order valence-corrected chi connectivity index (χ2v) is 10.0. The third-order valence-corrected chi connectivity index (χ3v) is 7.28. The number of amides is 2. The summed E-state index contributed by atoms with van der Waals surface area (Å²) < 4.78 is 27.0. The van der Waals surface area contributed by atoms with Gasteiger partial charge in [-0.3, -0.25) is 4.90 Å². The van der Waals surface area contributed by atoms with Crippen LogP contribution in [0.5, 0.6) is 0 Å². The van der Waals surface area contributed by atoms with Gasteiger partial charge in [0.25, 0.3) is 0 Å². The zero-order valence-electron chi connectivity index (χ0n) is 16.3. The number of hydrogen-bond acceptors (Lipinski definition) is 4. The molecule has 0 unspecified atom stereocenters. The van der Waals surface area contributed by atoms with Gasteiger partial charge in [-0.25, -0.2) is 17.9 Å². The van der Waals surface area contributed by atoms with Crippen LogP contribution in [0.15, 0.2) is 18.2 Å². The van der Waals surface area contributed by atoms with Crippen LogP contribution in [0.4, 0.5) is 10.5 Å². The summed E-state index contributed by atoms with van der Waals surface area (Å²) in [6, 6.07) is 1.62. The third-order valence-electron chi connectivity index (χ3n) is 6.00. The van der Waals surface area contributed by atoms with Crippen LogP contribution in [-0.2, 0) is 35.7 Å². The van der Waals surface area contributed by atoms with Gasteiger partial charge in [-0.05, 0) is 92.3 Å².